The molecule has 1 aromatic heterocycles. The van der Waals surface area contributed by atoms with Crippen molar-refractivity contribution in [1.82, 2.24) is 36.1 Å². The smallest absolute Gasteiger partial charge is 0.304 e. The fraction of sp³-hybridized carbons (Fsp3) is 0.729. The van der Waals surface area contributed by atoms with Gasteiger partial charge in [-0.25, -0.2) is 4.98 Å². The number of carboxylic acid groups (broad SMARTS) is 1. The molecule has 0 aliphatic carbocycles. The molecule has 5 amide bonds. The van der Waals surface area contributed by atoms with Crippen LogP contribution >= 0.6 is 0 Å². The lowest BCUT2D eigenvalue weighted by Gasteiger charge is -2.42. The van der Waals surface area contributed by atoms with Gasteiger partial charge in [0.1, 0.15) is 30.3 Å². The number of carbonyl (C=O) groups is 10. The van der Waals surface area contributed by atoms with Crippen LogP contribution in [-0.4, -0.2) is 197 Å². The first kappa shape index (κ1) is 62.7. The summed E-state index contributed by atoms with van der Waals surface area (Å²) in [7, 11) is 0. The number of rotatable bonds is 31. The number of Topliss-reactive ketones (excluding diaryl/α,β-unsaturated/α-hetero) is 4. The van der Waals surface area contributed by atoms with Crippen LogP contribution in [0.5, 0.6) is 0 Å². The molecule has 2 fully saturated rings. The first-order valence-electron chi connectivity index (χ1n) is 24.9. The molecule has 2 aliphatic rings. The maximum absolute atomic E-state index is 13.9. The number of imidazole rings is 1. The van der Waals surface area contributed by atoms with Gasteiger partial charge in [-0.1, -0.05) is 27.7 Å². The summed E-state index contributed by atoms with van der Waals surface area (Å²) in [5, 5.41) is 70.7. The van der Waals surface area contributed by atoms with E-state index >= 15 is 0 Å². The Kier molecular flexibility index (Phi) is 25.0. The Morgan fingerprint density at radius 1 is 0.865 bits per heavy atom. The van der Waals surface area contributed by atoms with Crippen LogP contribution in [0.25, 0.3) is 0 Å². The van der Waals surface area contributed by atoms with E-state index < -0.39 is 194 Å². The summed E-state index contributed by atoms with van der Waals surface area (Å²) in [5.74, 6) is -13.5. The first-order chi connectivity index (χ1) is 34.8. The molecular formula is C48H76N8O18. The van der Waals surface area contributed by atoms with Gasteiger partial charge in [0.05, 0.1) is 74.7 Å². The van der Waals surface area contributed by atoms with Crippen molar-refractivity contribution in [2.75, 3.05) is 26.3 Å². The monoisotopic (exact) mass is 1050 g/mol. The maximum atomic E-state index is 13.9. The van der Waals surface area contributed by atoms with E-state index in [0.29, 0.717) is 12.1 Å². The van der Waals surface area contributed by atoms with Gasteiger partial charge in [-0.3, -0.25) is 47.9 Å². The molecular weight excluding hydrogens is 977 g/mol. The molecule has 0 saturated carbocycles. The molecule has 3 rings (SSSR count). The van der Waals surface area contributed by atoms with Crippen LogP contribution in [0, 0.1) is 29.6 Å². The lowest BCUT2D eigenvalue weighted by molar-refractivity contribution is -0.293. The molecule has 0 bridgehead atoms. The zero-order valence-electron chi connectivity index (χ0n) is 42.9. The molecule has 74 heavy (non-hydrogen) atoms. The Morgan fingerprint density at radius 3 is 2.08 bits per heavy atom. The summed E-state index contributed by atoms with van der Waals surface area (Å²) in [6.07, 6.45) is -7.12. The highest BCUT2D eigenvalue weighted by molar-refractivity contribution is 5.98. The Bertz CT molecular complexity index is 2100. The lowest BCUT2D eigenvalue weighted by atomic mass is 9.88. The lowest BCUT2D eigenvalue weighted by Crippen LogP contribution is -2.58. The summed E-state index contributed by atoms with van der Waals surface area (Å²) in [6, 6.07) is -6.48. The number of ketones is 4. The largest absolute Gasteiger partial charge is 0.481 e. The standard InChI is InChI=1S/C48H76N8O18/c1-8-34(61)40(26(7)73-48-23(4)41(66)42(67)37(20-58)74-48)55-43(68)27(14-38(64)65)12-35(62)33-10-9-11-56(33)47(72)24(5)53-44(69)28(19-57)13-36(63)39(25(6)59)54-45(70)31(22(2)3)16-30(60)18-51-46(71)32(49)15-29-17-50-21-52-29/h17,21-28,31-33,37,39-42,48,57-59,66-67H,8-16,18-20,49H2,1-7H3,(H,50,52)(H,51,71)(H,53,69)(H,54,70)(H,55,68)(H,64,65)/t23?,24-,25?,26?,27-,28-,31-,32-,33-,37?,39-,40-,41+,42-,48-/m0/s1. The molecule has 0 spiro atoms. The molecule has 2 saturated heterocycles. The predicted molar refractivity (Wildman–Crippen MR) is 257 cm³/mol. The number of ether oxygens (including phenoxy) is 2. The summed E-state index contributed by atoms with van der Waals surface area (Å²) in [4.78, 5) is 140. The third kappa shape index (κ3) is 17.8. The Balaban J connectivity index is 1.63. The number of aromatic amines is 1. The molecule has 3 heterocycles. The van der Waals surface area contributed by atoms with Crippen LogP contribution in [0.4, 0.5) is 0 Å². The van der Waals surface area contributed by atoms with Gasteiger partial charge in [-0.15, -0.1) is 0 Å². The van der Waals surface area contributed by atoms with Crippen LogP contribution in [0.15, 0.2) is 12.5 Å². The molecule has 1 aromatic rings. The minimum atomic E-state index is -1.59. The van der Waals surface area contributed by atoms with E-state index in [0.717, 1.165) is 0 Å². The summed E-state index contributed by atoms with van der Waals surface area (Å²) in [6.45, 7) is 8.27. The van der Waals surface area contributed by atoms with Crippen molar-refractivity contribution in [1.29, 1.82) is 0 Å². The maximum Gasteiger partial charge on any atom is 0.304 e. The first-order valence-corrected chi connectivity index (χ1v) is 24.9. The molecule has 15 atom stereocenters. The minimum absolute atomic E-state index is 0.0355. The van der Waals surface area contributed by atoms with Gasteiger partial charge in [-0.2, -0.15) is 0 Å². The highest BCUT2D eigenvalue weighted by Crippen LogP contribution is 2.29. The number of nitrogens with one attached hydrogen (secondary N) is 5. The topological polar surface area (TPSA) is 417 Å². The fourth-order valence-electron chi connectivity index (χ4n) is 8.80. The number of aliphatic hydroxyl groups excluding tert-OH is 5. The molecule has 0 aromatic carbocycles. The van der Waals surface area contributed by atoms with Crippen molar-refractivity contribution in [3.05, 3.63) is 18.2 Å². The van der Waals surface area contributed by atoms with E-state index in [1.54, 1.807) is 13.8 Å². The van der Waals surface area contributed by atoms with E-state index in [9.17, 15) is 78.6 Å². The van der Waals surface area contributed by atoms with E-state index in [2.05, 4.69) is 31.2 Å². The number of carbonyl (C=O) groups excluding carboxylic acids is 9. The van der Waals surface area contributed by atoms with Gasteiger partial charge in [0.15, 0.2) is 29.4 Å². The SMILES string of the molecule is CCC(=O)[C@@H](NC(=O)[C@H](CC(=O)O)CC(=O)[C@@H]1CCCN1C(=O)[C@H](C)NC(=O)[C@H](CO)CC(=O)[C@@H](NC(=O)[C@@H](CC(=O)CNC(=O)[C@@H](N)Cc1cnc[nH]1)C(C)C)C(C)O)C(C)O[C@H]1OC(CO)[C@H](O)[C@H](O)C1C. The second-order valence-corrected chi connectivity index (χ2v) is 19.6. The minimum Gasteiger partial charge on any atom is -0.481 e. The van der Waals surface area contributed by atoms with Gasteiger partial charge < -0.3 is 77.0 Å². The highest BCUT2D eigenvalue weighted by atomic mass is 16.7. The van der Waals surface area contributed by atoms with E-state index in [-0.39, 0.29) is 32.2 Å². The molecule has 2 aliphatic heterocycles. The van der Waals surface area contributed by atoms with E-state index in [1.165, 1.54) is 52.0 Å². The summed E-state index contributed by atoms with van der Waals surface area (Å²) < 4.78 is 11.5. The van der Waals surface area contributed by atoms with Gasteiger partial charge in [-0.05, 0) is 39.5 Å². The highest BCUT2D eigenvalue weighted by Gasteiger charge is 2.45. The average Bonchev–Trinajstić information content (AvgIpc) is 4.07. The number of aromatic nitrogens is 2. The quantitative estimate of drug-likeness (QED) is 0.0344. The summed E-state index contributed by atoms with van der Waals surface area (Å²) >= 11 is 0. The van der Waals surface area contributed by atoms with Crippen LogP contribution in [0.2, 0.25) is 0 Å². The van der Waals surface area contributed by atoms with Crippen molar-refractivity contribution < 1.29 is 88.1 Å². The number of H-pyrrole nitrogens is 1. The second-order valence-electron chi connectivity index (χ2n) is 19.6. The van der Waals surface area contributed by atoms with E-state index in [4.69, 9.17) is 15.2 Å². The number of hydrogen-bond acceptors (Lipinski definition) is 19. The third-order valence-electron chi connectivity index (χ3n) is 13.4. The number of likely N-dealkylation sites (tertiary alicyclic amines) is 1. The average molecular weight is 1050 g/mol. The number of aliphatic carboxylic acids is 1. The van der Waals surface area contributed by atoms with Gasteiger partial charge in [0.2, 0.25) is 29.5 Å². The predicted octanol–water partition coefficient (Wildman–Crippen LogP) is -3.45. The Hall–Kier alpha value is -5.61. The van der Waals surface area contributed by atoms with Crippen molar-refractivity contribution in [2.24, 2.45) is 35.3 Å². The summed E-state index contributed by atoms with van der Waals surface area (Å²) in [5.41, 5.74) is 6.53. The molecule has 4 unspecified atom stereocenters. The van der Waals surface area contributed by atoms with Crippen LogP contribution < -0.4 is 27.0 Å². The van der Waals surface area contributed by atoms with Crippen LogP contribution in [0.3, 0.4) is 0 Å². The molecule has 26 heteroatoms. The number of nitrogens with two attached hydrogens (primary N) is 1. The normalized spacial score (nSPS) is 23.5. The van der Waals surface area contributed by atoms with Gasteiger partial charge >= 0.3 is 5.97 Å². The van der Waals surface area contributed by atoms with Crippen molar-refractivity contribution in [2.45, 2.75) is 167 Å². The van der Waals surface area contributed by atoms with Crippen LogP contribution in [-0.2, 0) is 63.8 Å². The van der Waals surface area contributed by atoms with Gasteiger partial charge in [0.25, 0.3) is 0 Å². The van der Waals surface area contributed by atoms with Crippen molar-refractivity contribution >= 4 is 58.6 Å². The second kappa shape index (κ2) is 29.5. The molecule has 0 radical (unpaired) electrons. The number of amides is 5. The Morgan fingerprint density at radius 2 is 1.51 bits per heavy atom. The number of hydrogen-bond donors (Lipinski definition) is 12. The molecule has 416 valence electrons. The van der Waals surface area contributed by atoms with Crippen molar-refractivity contribution in [3.8, 4) is 0 Å². The van der Waals surface area contributed by atoms with Crippen molar-refractivity contribution in [3.63, 3.8) is 0 Å². The van der Waals surface area contributed by atoms with E-state index in [1.807, 2.05) is 0 Å². The number of nitrogens with zero attached hydrogens (tertiary/aromatic N) is 2. The number of carboxylic acids is 1. The van der Waals surface area contributed by atoms with Crippen LogP contribution in [0.1, 0.15) is 99.1 Å². The zero-order valence-corrected chi connectivity index (χ0v) is 42.9. The number of aliphatic hydroxyl groups is 5. The van der Waals surface area contributed by atoms with Gasteiger partial charge in [0, 0.05) is 62.4 Å². The third-order valence-corrected chi connectivity index (χ3v) is 13.4. The molecule has 26 nitrogen and oxygen atoms in total. The zero-order chi connectivity index (χ0) is 55.7. The fourth-order valence-corrected chi connectivity index (χ4v) is 8.80. The molecule has 13 N–H and O–H groups in total. The Labute approximate surface area is 428 Å².